The van der Waals surface area contributed by atoms with Crippen LogP contribution in [0.15, 0.2) is 109 Å². The Morgan fingerprint density at radius 3 is 1.04 bits per heavy atom. The van der Waals surface area contributed by atoms with Gasteiger partial charge in [-0.15, -0.1) is 0 Å². The molecule has 590 valence electrons. The van der Waals surface area contributed by atoms with E-state index in [4.69, 9.17) is 18.9 Å². The molecule has 1 amide bonds. The minimum absolute atomic E-state index is 0.237. The number of amides is 1. The van der Waals surface area contributed by atoms with Crippen molar-refractivity contribution < 1.29 is 64.6 Å². The Labute approximate surface area is 623 Å². The summed E-state index contributed by atoms with van der Waals surface area (Å²) in [4.78, 5) is 13.4. The van der Waals surface area contributed by atoms with E-state index in [-0.39, 0.29) is 18.9 Å². The van der Waals surface area contributed by atoms with Crippen molar-refractivity contribution in [1.82, 2.24) is 5.32 Å². The zero-order valence-corrected chi connectivity index (χ0v) is 64.8. The lowest BCUT2D eigenvalue weighted by molar-refractivity contribution is -0.359. The summed E-state index contributed by atoms with van der Waals surface area (Å²) >= 11 is 0. The largest absolute Gasteiger partial charge is 0.394 e. The number of hydrogen-bond acceptors (Lipinski definition) is 13. The Kier molecular flexibility index (Phi) is 65.6. The topological polar surface area (TPSA) is 228 Å². The zero-order chi connectivity index (χ0) is 73.7. The fourth-order valence-electron chi connectivity index (χ4n) is 13.4. The summed E-state index contributed by atoms with van der Waals surface area (Å²) in [5, 5.41) is 87.8. The summed E-state index contributed by atoms with van der Waals surface area (Å²) < 4.78 is 22.9. The molecule has 0 saturated carbocycles. The molecule has 0 radical (unpaired) electrons. The van der Waals surface area contributed by atoms with Gasteiger partial charge in [0.2, 0.25) is 5.91 Å². The van der Waals surface area contributed by atoms with Gasteiger partial charge >= 0.3 is 0 Å². The fourth-order valence-corrected chi connectivity index (χ4v) is 13.4. The van der Waals surface area contributed by atoms with Crippen LogP contribution in [0.2, 0.25) is 0 Å². The van der Waals surface area contributed by atoms with E-state index in [0.29, 0.717) is 6.42 Å². The highest BCUT2D eigenvalue weighted by molar-refractivity contribution is 5.76. The van der Waals surface area contributed by atoms with Gasteiger partial charge in [-0.2, -0.15) is 0 Å². The third-order valence-corrected chi connectivity index (χ3v) is 20.0. The first-order valence-electron chi connectivity index (χ1n) is 42.1. The van der Waals surface area contributed by atoms with Crippen LogP contribution in [0.25, 0.3) is 0 Å². The third kappa shape index (κ3) is 52.6. The van der Waals surface area contributed by atoms with Crippen molar-refractivity contribution >= 4 is 5.91 Å². The maximum atomic E-state index is 13.4. The summed E-state index contributed by atoms with van der Waals surface area (Å²) in [6.45, 7) is 2.73. The number of unbranched alkanes of at least 4 members (excludes halogenated alkanes) is 41. The first-order valence-corrected chi connectivity index (χ1v) is 42.1. The Morgan fingerprint density at radius 1 is 0.363 bits per heavy atom. The van der Waals surface area contributed by atoms with Gasteiger partial charge in [0.05, 0.1) is 32.0 Å². The molecule has 2 heterocycles. The van der Waals surface area contributed by atoms with Gasteiger partial charge in [0.15, 0.2) is 12.6 Å². The lowest BCUT2D eigenvalue weighted by Gasteiger charge is -2.46. The van der Waals surface area contributed by atoms with E-state index in [1.165, 1.54) is 231 Å². The smallest absolute Gasteiger partial charge is 0.220 e. The van der Waals surface area contributed by atoms with Crippen molar-refractivity contribution in [3.05, 3.63) is 109 Å². The second-order valence-electron chi connectivity index (χ2n) is 29.2. The number of rotatable bonds is 70. The molecule has 0 bridgehead atoms. The van der Waals surface area contributed by atoms with Gasteiger partial charge in [-0.1, -0.05) is 367 Å². The molecule has 9 N–H and O–H groups in total. The number of aliphatic hydroxyl groups is 8. The average Bonchev–Trinajstić information content (AvgIpc) is 0.790. The number of ether oxygens (including phenoxy) is 4. The first kappa shape index (κ1) is 94.7. The van der Waals surface area contributed by atoms with Crippen LogP contribution in [0.5, 0.6) is 0 Å². The second kappa shape index (κ2) is 70.6. The van der Waals surface area contributed by atoms with Gasteiger partial charge in [-0.3, -0.25) is 4.79 Å². The molecule has 0 spiro atoms. The highest BCUT2D eigenvalue weighted by Crippen LogP contribution is 2.30. The SMILES string of the molecule is CC/C=C\C/C=C\C/C=C\C/C=C\C/C=C\C/C=C\C/C=C\C/C=C\CCCCCCCCCCCCCCCCCCC(=O)NC(COC1OC(CO)C(OC2OC(CO)C(O)C(O)C2O)C(O)C1O)C(O)/C=C/CCCCCCCCCCCCCCCCCCCCCCCCCCC. The highest BCUT2D eigenvalue weighted by Gasteiger charge is 2.51. The zero-order valence-electron chi connectivity index (χ0n) is 64.8. The van der Waals surface area contributed by atoms with Crippen LogP contribution in [0, 0.1) is 0 Å². The summed E-state index contributed by atoms with van der Waals surface area (Å²) in [5.41, 5.74) is 0. The van der Waals surface area contributed by atoms with E-state index >= 15 is 0 Å². The molecule has 14 heteroatoms. The maximum Gasteiger partial charge on any atom is 0.220 e. The Bertz CT molecular complexity index is 2140. The molecule has 2 saturated heterocycles. The summed E-state index contributed by atoms with van der Waals surface area (Å²) in [6, 6.07) is -0.921. The molecule has 0 aliphatic carbocycles. The van der Waals surface area contributed by atoms with Crippen molar-refractivity contribution in [2.24, 2.45) is 0 Å². The van der Waals surface area contributed by atoms with Crippen molar-refractivity contribution in [3.63, 3.8) is 0 Å². The normalized spacial score (nSPS) is 22.2. The third-order valence-electron chi connectivity index (χ3n) is 20.0. The number of carbonyl (C=O) groups excluding carboxylic acids is 1. The standard InChI is InChI=1S/C88H155NO13/c1-3-5-7-9-11-13-15-17-19-21-23-25-27-29-31-32-33-34-35-36-37-38-39-40-41-42-43-44-46-48-50-52-54-56-58-60-62-64-66-68-70-72-80(93)89-76(75-99-87-85(98)83(96)86(79(74-91)101-87)102-88-84(97)82(95)81(94)78(73-90)100-88)77(92)71-69-67-65-63-61-59-57-55-53-51-49-47-45-30-28-26-24-22-20-18-16-14-12-10-8-6-4-2/h5,7,11,13,17,19,23,25,29,31,33-34,36-37,39-40,69,71,76-79,81-88,90-92,94-98H,3-4,6,8-10,12,14-16,18,20-22,24,26-28,30,32,35,38,41-68,70,72-75H2,1-2H3,(H,89,93)/b7-5-,13-11-,19-17-,25-23-,31-29-,34-33-,37-36-,40-39-,71-69+. The van der Waals surface area contributed by atoms with Gasteiger partial charge in [-0.25, -0.2) is 0 Å². The summed E-state index contributed by atoms with van der Waals surface area (Å²) in [5.74, 6) is -0.237. The minimum atomic E-state index is -1.79. The van der Waals surface area contributed by atoms with Crippen molar-refractivity contribution in [3.8, 4) is 0 Å². The number of carbonyl (C=O) groups is 1. The van der Waals surface area contributed by atoms with Crippen LogP contribution < -0.4 is 5.32 Å². The molecule has 2 aliphatic heterocycles. The Balaban J connectivity index is 1.59. The average molecular weight is 1440 g/mol. The number of allylic oxidation sites excluding steroid dienone is 17. The molecule has 12 unspecified atom stereocenters. The Morgan fingerprint density at radius 2 is 0.676 bits per heavy atom. The van der Waals surface area contributed by atoms with Crippen molar-refractivity contribution in [1.29, 1.82) is 0 Å². The van der Waals surface area contributed by atoms with E-state index in [2.05, 4.69) is 116 Å². The van der Waals surface area contributed by atoms with E-state index in [0.717, 1.165) is 89.9 Å². The van der Waals surface area contributed by atoms with E-state index in [1.54, 1.807) is 6.08 Å². The molecule has 2 fully saturated rings. The number of hydrogen-bond donors (Lipinski definition) is 9. The monoisotopic (exact) mass is 1430 g/mol. The van der Waals surface area contributed by atoms with Crippen LogP contribution in [-0.2, 0) is 23.7 Å². The number of nitrogens with one attached hydrogen (secondary N) is 1. The van der Waals surface area contributed by atoms with Gasteiger partial charge in [0, 0.05) is 6.42 Å². The molecule has 102 heavy (non-hydrogen) atoms. The first-order chi connectivity index (χ1) is 50.1. The molecule has 0 aromatic rings. The van der Waals surface area contributed by atoms with Crippen LogP contribution in [0.1, 0.15) is 348 Å². The fraction of sp³-hybridized carbons (Fsp3) is 0.784. The van der Waals surface area contributed by atoms with Gasteiger partial charge in [0.1, 0.15) is 48.8 Å². The van der Waals surface area contributed by atoms with E-state index < -0.39 is 86.8 Å². The van der Waals surface area contributed by atoms with Crippen LogP contribution in [-0.4, -0.2) is 140 Å². The molecular weight excluding hydrogens is 1280 g/mol. The van der Waals surface area contributed by atoms with Crippen LogP contribution in [0.4, 0.5) is 0 Å². The minimum Gasteiger partial charge on any atom is -0.394 e. The summed E-state index contributed by atoms with van der Waals surface area (Å²) in [6.07, 6.45) is 86.0. The highest BCUT2D eigenvalue weighted by atomic mass is 16.7. The lowest BCUT2D eigenvalue weighted by atomic mass is 9.97. The summed E-state index contributed by atoms with van der Waals surface area (Å²) in [7, 11) is 0. The Hall–Kier alpha value is -3.35. The molecule has 12 atom stereocenters. The van der Waals surface area contributed by atoms with Crippen molar-refractivity contribution in [2.45, 2.75) is 421 Å². The van der Waals surface area contributed by atoms with E-state index in [9.17, 15) is 45.6 Å². The molecule has 0 aromatic heterocycles. The van der Waals surface area contributed by atoms with Gasteiger partial charge in [0.25, 0.3) is 0 Å². The molecular formula is C88H155NO13. The molecule has 14 nitrogen and oxygen atoms in total. The molecule has 2 aliphatic rings. The predicted octanol–water partition coefficient (Wildman–Crippen LogP) is 19.8. The van der Waals surface area contributed by atoms with E-state index in [1.807, 2.05) is 6.08 Å². The molecule has 0 aromatic carbocycles. The lowest BCUT2D eigenvalue weighted by Crippen LogP contribution is -2.65. The second-order valence-corrected chi connectivity index (χ2v) is 29.2. The van der Waals surface area contributed by atoms with Gasteiger partial charge < -0.3 is 65.1 Å². The number of aliphatic hydroxyl groups excluding tert-OH is 8. The quantitative estimate of drug-likeness (QED) is 0.0204. The molecule has 2 rings (SSSR count). The van der Waals surface area contributed by atoms with Crippen LogP contribution >= 0.6 is 0 Å². The maximum absolute atomic E-state index is 13.4. The van der Waals surface area contributed by atoms with Gasteiger partial charge in [-0.05, 0) is 83.5 Å². The van der Waals surface area contributed by atoms with Crippen molar-refractivity contribution in [2.75, 3.05) is 19.8 Å². The van der Waals surface area contributed by atoms with Crippen LogP contribution in [0.3, 0.4) is 0 Å². The predicted molar refractivity (Wildman–Crippen MR) is 424 cm³/mol.